The lowest BCUT2D eigenvalue weighted by Gasteiger charge is -2.16. The molecule has 112 valence electrons. The van der Waals surface area contributed by atoms with Gasteiger partial charge >= 0.3 is 0 Å². The highest BCUT2D eigenvalue weighted by Crippen LogP contribution is 2.13. The number of halogens is 2. The number of nitrogens with one attached hydrogen (secondary N) is 1. The van der Waals surface area contributed by atoms with E-state index in [-0.39, 0.29) is 0 Å². The molecule has 0 bridgehead atoms. The average molecular weight is 284 g/mol. The molecular formula is C15H22F2N2O. The van der Waals surface area contributed by atoms with Crippen LogP contribution in [0.3, 0.4) is 0 Å². The van der Waals surface area contributed by atoms with Gasteiger partial charge in [-0.15, -0.1) is 0 Å². The van der Waals surface area contributed by atoms with E-state index in [1.807, 2.05) is 6.07 Å². The Labute approximate surface area is 118 Å². The molecule has 2 rings (SSSR count). The zero-order valence-electron chi connectivity index (χ0n) is 11.6. The molecule has 1 heterocycles. The molecule has 0 spiro atoms. The summed E-state index contributed by atoms with van der Waals surface area (Å²) in [4.78, 5) is 2.41. The summed E-state index contributed by atoms with van der Waals surface area (Å²) in [6.07, 6.45) is -1.27. The van der Waals surface area contributed by atoms with Gasteiger partial charge in [0.2, 0.25) is 0 Å². The van der Waals surface area contributed by atoms with Gasteiger partial charge < -0.3 is 10.1 Å². The summed E-state index contributed by atoms with van der Waals surface area (Å²) in [5, 5.41) is 3.36. The third-order valence-electron chi connectivity index (χ3n) is 3.44. The van der Waals surface area contributed by atoms with Gasteiger partial charge in [-0.25, -0.2) is 8.78 Å². The summed E-state index contributed by atoms with van der Waals surface area (Å²) in [5.74, 6) is 0. The van der Waals surface area contributed by atoms with Gasteiger partial charge in [-0.2, -0.15) is 0 Å². The van der Waals surface area contributed by atoms with Crippen LogP contribution in [0.5, 0.6) is 0 Å². The zero-order valence-corrected chi connectivity index (χ0v) is 11.6. The predicted molar refractivity (Wildman–Crippen MR) is 74.9 cm³/mol. The fourth-order valence-electron chi connectivity index (χ4n) is 2.49. The molecule has 1 unspecified atom stereocenters. The molecule has 1 aliphatic heterocycles. The second kappa shape index (κ2) is 8.29. The Morgan fingerprint density at radius 1 is 1.30 bits per heavy atom. The molecule has 0 radical (unpaired) electrons. The second-order valence-corrected chi connectivity index (χ2v) is 5.13. The third-order valence-corrected chi connectivity index (χ3v) is 3.44. The predicted octanol–water partition coefficient (Wildman–Crippen LogP) is 2.13. The highest BCUT2D eigenvalue weighted by molar-refractivity contribution is 5.14. The zero-order chi connectivity index (χ0) is 14.2. The van der Waals surface area contributed by atoms with Crippen LogP contribution in [0, 0.1) is 0 Å². The quantitative estimate of drug-likeness (QED) is 0.740. The maximum atomic E-state index is 11.9. The lowest BCUT2D eigenvalue weighted by molar-refractivity contribution is 0.0182. The molecule has 5 heteroatoms. The number of ether oxygens (including phenoxy) is 1. The molecule has 1 aliphatic rings. The molecule has 1 N–H and O–H groups in total. The van der Waals surface area contributed by atoms with Gasteiger partial charge in [0.05, 0.1) is 6.61 Å². The first-order valence-corrected chi connectivity index (χ1v) is 7.09. The van der Waals surface area contributed by atoms with Crippen LogP contribution in [0.4, 0.5) is 8.78 Å². The van der Waals surface area contributed by atoms with E-state index in [4.69, 9.17) is 4.74 Å². The van der Waals surface area contributed by atoms with Crippen molar-refractivity contribution in [2.75, 3.05) is 32.8 Å². The van der Waals surface area contributed by atoms with Gasteiger partial charge in [-0.1, -0.05) is 30.3 Å². The van der Waals surface area contributed by atoms with E-state index >= 15 is 0 Å². The van der Waals surface area contributed by atoms with Crippen LogP contribution in [0.25, 0.3) is 0 Å². The molecule has 0 amide bonds. The van der Waals surface area contributed by atoms with E-state index in [2.05, 4.69) is 34.5 Å². The molecule has 0 aromatic heterocycles. The summed E-state index contributed by atoms with van der Waals surface area (Å²) in [6, 6.07) is 10.9. The lowest BCUT2D eigenvalue weighted by Crippen LogP contribution is -2.34. The van der Waals surface area contributed by atoms with Crippen LogP contribution in [0.1, 0.15) is 12.0 Å². The van der Waals surface area contributed by atoms with E-state index < -0.39 is 13.0 Å². The third kappa shape index (κ3) is 5.53. The van der Waals surface area contributed by atoms with Crippen molar-refractivity contribution in [1.29, 1.82) is 0 Å². The summed E-state index contributed by atoms with van der Waals surface area (Å²) >= 11 is 0. The minimum atomic E-state index is -2.37. The number of benzene rings is 1. The Kier molecular flexibility index (Phi) is 6.36. The summed E-state index contributed by atoms with van der Waals surface area (Å²) in [5.41, 5.74) is 1.33. The normalized spacial score (nSPS) is 19.9. The summed E-state index contributed by atoms with van der Waals surface area (Å²) in [6.45, 7) is 3.57. The van der Waals surface area contributed by atoms with Crippen molar-refractivity contribution in [1.82, 2.24) is 10.2 Å². The van der Waals surface area contributed by atoms with Crippen molar-refractivity contribution >= 4 is 0 Å². The number of hydrogen-bond acceptors (Lipinski definition) is 3. The number of alkyl halides is 2. The van der Waals surface area contributed by atoms with Crippen LogP contribution >= 0.6 is 0 Å². The van der Waals surface area contributed by atoms with Crippen LogP contribution in [-0.2, 0) is 11.3 Å². The van der Waals surface area contributed by atoms with E-state index in [9.17, 15) is 8.78 Å². The molecule has 1 atom stereocenters. The molecule has 1 aromatic rings. The van der Waals surface area contributed by atoms with Crippen molar-refractivity contribution in [2.24, 2.45) is 0 Å². The minimum Gasteiger partial charge on any atom is -0.374 e. The molecule has 20 heavy (non-hydrogen) atoms. The van der Waals surface area contributed by atoms with Gasteiger partial charge in [0.15, 0.2) is 0 Å². The van der Waals surface area contributed by atoms with Gasteiger partial charge in [0.25, 0.3) is 6.43 Å². The van der Waals surface area contributed by atoms with E-state index in [1.165, 1.54) is 5.56 Å². The SMILES string of the molecule is FC(F)COCCNC1CCN(Cc2ccccc2)C1. The molecule has 0 saturated carbocycles. The van der Waals surface area contributed by atoms with Crippen molar-refractivity contribution < 1.29 is 13.5 Å². The fourth-order valence-corrected chi connectivity index (χ4v) is 2.49. The minimum absolute atomic E-state index is 0.347. The number of likely N-dealkylation sites (tertiary alicyclic amines) is 1. The molecule has 0 aliphatic carbocycles. The second-order valence-electron chi connectivity index (χ2n) is 5.13. The first kappa shape index (κ1) is 15.4. The number of nitrogens with zero attached hydrogens (tertiary/aromatic N) is 1. The maximum absolute atomic E-state index is 11.9. The highest BCUT2D eigenvalue weighted by atomic mass is 19.3. The van der Waals surface area contributed by atoms with Gasteiger partial charge in [-0.05, 0) is 12.0 Å². The van der Waals surface area contributed by atoms with Crippen molar-refractivity contribution in [3.8, 4) is 0 Å². The maximum Gasteiger partial charge on any atom is 0.261 e. The highest BCUT2D eigenvalue weighted by Gasteiger charge is 2.21. The Morgan fingerprint density at radius 2 is 2.10 bits per heavy atom. The number of rotatable bonds is 8. The van der Waals surface area contributed by atoms with Crippen molar-refractivity contribution in [3.63, 3.8) is 0 Å². The topological polar surface area (TPSA) is 24.5 Å². The van der Waals surface area contributed by atoms with Crippen LogP contribution in [0.15, 0.2) is 30.3 Å². The van der Waals surface area contributed by atoms with Crippen LogP contribution in [-0.4, -0.2) is 50.2 Å². The van der Waals surface area contributed by atoms with Crippen LogP contribution < -0.4 is 5.32 Å². The van der Waals surface area contributed by atoms with Gasteiger partial charge in [0, 0.05) is 32.2 Å². The van der Waals surface area contributed by atoms with E-state index in [1.54, 1.807) is 0 Å². The Balaban J connectivity index is 1.58. The summed E-state index contributed by atoms with van der Waals surface area (Å²) in [7, 11) is 0. The van der Waals surface area contributed by atoms with Crippen molar-refractivity contribution in [2.45, 2.75) is 25.4 Å². The first-order chi connectivity index (χ1) is 9.74. The molecule has 3 nitrogen and oxygen atoms in total. The monoisotopic (exact) mass is 284 g/mol. The van der Waals surface area contributed by atoms with Crippen molar-refractivity contribution in [3.05, 3.63) is 35.9 Å². The molecule has 1 aromatic carbocycles. The van der Waals surface area contributed by atoms with E-state index in [0.717, 1.165) is 26.1 Å². The average Bonchev–Trinajstić information content (AvgIpc) is 2.87. The van der Waals surface area contributed by atoms with Crippen LogP contribution in [0.2, 0.25) is 0 Å². The molecule has 1 fully saturated rings. The smallest absolute Gasteiger partial charge is 0.261 e. The summed E-state index contributed by atoms with van der Waals surface area (Å²) < 4.78 is 28.6. The molecular weight excluding hydrogens is 262 g/mol. The lowest BCUT2D eigenvalue weighted by atomic mass is 10.2. The van der Waals surface area contributed by atoms with Gasteiger partial charge in [-0.3, -0.25) is 4.90 Å². The fraction of sp³-hybridized carbons (Fsp3) is 0.600. The van der Waals surface area contributed by atoms with Gasteiger partial charge in [0.1, 0.15) is 6.61 Å². The first-order valence-electron chi connectivity index (χ1n) is 7.09. The van der Waals surface area contributed by atoms with E-state index in [0.29, 0.717) is 19.2 Å². The largest absolute Gasteiger partial charge is 0.374 e. The number of hydrogen-bond donors (Lipinski definition) is 1. The Hall–Kier alpha value is -1.04. The Morgan fingerprint density at radius 3 is 2.85 bits per heavy atom. The molecule has 1 saturated heterocycles. The Bertz CT molecular complexity index is 375. The standard InChI is InChI=1S/C15H22F2N2O/c16-15(17)12-20-9-7-18-14-6-8-19(11-14)10-13-4-2-1-3-5-13/h1-5,14-15,18H,6-12H2.